The first-order valence-electron chi connectivity index (χ1n) is 6.72. The minimum Gasteiger partial charge on any atom is -0.465 e. The van der Waals surface area contributed by atoms with Gasteiger partial charge in [-0.25, -0.2) is 0 Å². The van der Waals surface area contributed by atoms with Crippen molar-refractivity contribution >= 4 is 35.0 Å². The molecule has 1 aromatic rings. The molecule has 1 saturated heterocycles. The summed E-state index contributed by atoms with van der Waals surface area (Å²) in [5.41, 5.74) is -0.796. The third-order valence-corrected chi connectivity index (χ3v) is 4.27. The van der Waals surface area contributed by atoms with Crippen LogP contribution in [0, 0.1) is 5.41 Å². The van der Waals surface area contributed by atoms with Crippen molar-refractivity contribution in [1.29, 1.82) is 0 Å². The lowest BCUT2D eigenvalue weighted by molar-refractivity contribution is -0.169. The van der Waals surface area contributed by atoms with E-state index in [1.165, 1.54) is 0 Å². The summed E-state index contributed by atoms with van der Waals surface area (Å²) < 4.78 is 10.4. The highest BCUT2D eigenvalue weighted by atomic mass is 35.5. The molecule has 0 saturated carbocycles. The summed E-state index contributed by atoms with van der Waals surface area (Å²) in [6, 6.07) is 5.07. The SMILES string of the molecule is CCOC(=O)C1(Cc2c(Cl)cccc2Cl)COCCC1=O. The average molecular weight is 331 g/mol. The molecule has 0 bridgehead atoms. The van der Waals surface area contributed by atoms with Crippen LogP contribution in [0.15, 0.2) is 18.2 Å². The Morgan fingerprint density at radius 3 is 2.62 bits per heavy atom. The quantitative estimate of drug-likeness (QED) is 0.628. The highest BCUT2D eigenvalue weighted by Crippen LogP contribution is 2.36. The van der Waals surface area contributed by atoms with E-state index in [0.717, 1.165) is 0 Å². The van der Waals surface area contributed by atoms with Gasteiger partial charge in [-0.15, -0.1) is 0 Å². The molecule has 4 nitrogen and oxygen atoms in total. The van der Waals surface area contributed by atoms with Gasteiger partial charge in [0.05, 0.1) is 19.8 Å². The van der Waals surface area contributed by atoms with Gasteiger partial charge in [0.15, 0.2) is 11.2 Å². The van der Waals surface area contributed by atoms with Gasteiger partial charge in [-0.1, -0.05) is 29.3 Å². The smallest absolute Gasteiger partial charge is 0.322 e. The summed E-state index contributed by atoms with van der Waals surface area (Å²) >= 11 is 12.3. The molecular weight excluding hydrogens is 315 g/mol. The van der Waals surface area contributed by atoms with E-state index in [1.807, 2.05) is 0 Å². The molecule has 21 heavy (non-hydrogen) atoms. The molecule has 0 N–H and O–H groups in total. The molecule has 1 aliphatic rings. The third kappa shape index (κ3) is 3.23. The van der Waals surface area contributed by atoms with Gasteiger partial charge in [-0.05, 0) is 24.6 Å². The zero-order valence-corrected chi connectivity index (χ0v) is 13.2. The van der Waals surface area contributed by atoms with Crippen LogP contribution in [-0.2, 0) is 25.5 Å². The highest BCUT2D eigenvalue weighted by molar-refractivity contribution is 6.36. The van der Waals surface area contributed by atoms with Gasteiger partial charge in [0.25, 0.3) is 0 Å². The number of halogens is 2. The number of carbonyl (C=O) groups is 2. The van der Waals surface area contributed by atoms with E-state index in [9.17, 15) is 9.59 Å². The Morgan fingerprint density at radius 1 is 1.38 bits per heavy atom. The third-order valence-electron chi connectivity index (χ3n) is 3.56. The number of hydrogen-bond donors (Lipinski definition) is 0. The first-order chi connectivity index (χ1) is 10.0. The maximum absolute atomic E-state index is 12.4. The topological polar surface area (TPSA) is 52.6 Å². The maximum atomic E-state index is 12.4. The van der Waals surface area contributed by atoms with E-state index in [0.29, 0.717) is 22.2 Å². The molecule has 1 aromatic carbocycles. The van der Waals surface area contributed by atoms with Gasteiger partial charge in [-0.3, -0.25) is 9.59 Å². The largest absolute Gasteiger partial charge is 0.465 e. The average Bonchev–Trinajstić information content (AvgIpc) is 2.45. The van der Waals surface area contributed by atoms with Crippen molar-refractivity contribution in [3.8, 4) is 0 Å². The second-order valence-electron chi connectivity index (χ2n) is 4.91. The summed E-state index contributed by atoms with van der Waals surface area (Å²) in [6.45, 7) is 2.20. The first-order valence-corrected chi connectivity index (χ1v) is 7.48. The lowest BCUT2D eigenvalue weighted by atomic mass is 9.76. The normalized spacial score (nSPS) is 22.1. The van der Waals surface area contributed by atoms with Crippen LogP contribution in [0.5, 0.6) is 0 Å². The maximum Gasteiger partial charge on any atom is 0.322 e. The molecule has 0 spiro atoms. The number of rotatable bonds is 4. The van der Waals surface area contributed by atoms with Crippen LogP contribution >= 0.6 is 23.2 Å². The van der Waals surface area contributed by atoms with Gasteiger partial charge in [-0.2, -0.15) is 0 Å². The number of carbonyl (C=O) groups excluding carboxylic acids is 2. The number of ether oxygens (including phenoxy) is 2. The zero-order chi connectivity index (χ0) is 15.5. The van der Waals surface area contributed by atoms with Crippen molar-refractivity contribution in [3.63, 3.8) is 0 Å². The second-order valence-corrected chi connectivity index (χ2v) is 5.72. The fraction of sp³-hybridized carbons (Fsp3) is 0.467. The van der Waals surface area contributed by atoms with Crippen LogP contribution in [0.1, 0.15) is 18.9 Å². The van der Waals surface area contributed by atoms with Crippen molar-refractivity contribution in [1.82, 2.24) is 0 Å². The Morgan fingerprint density at radius 2 is 2.05 bits per heavy atom. The van der Waals surface area contributed by atoms with Gasteiger partial charge in [0, 0.05) is 22.9 Å². The Labute approximate surface area is 133 Å². The molecule has 0 radical (unpaired) electrons. The van der Waals surface area contributed by atoms with Crippen molar-refractivity contribution in [2.24, 2.45) is 5.41 Å². The standard InChI is InChI=1S/C15H16Cl2O4/c1-2-21-14(19)15(9-20-7-6-13(15)18)8-10-11(16)4-3-5-12(10)17/h3-5H,2,6-9H2,1H3. The molecule has 0 aromatic heterocycles. The van der Waals surface area contributed by atoms with Crippen LogP contribution < -0.4 is 0 Å². The number of hydrogen-bond acceptors (Lipinski definition) is 4. The van der Waals surface area contributed by atoms with Crippen LogP contribution in [0.25, 0.3) is 0 Å². The summed E-state index contributed by atoms with van der Waals surface area (Å²) in [7, 11) is 0. The molecule has 114 valence electrons. The zero-order valence-electron chi connectivity index (χ0n) is 11.7. The molecule has 1 fully saturated rings. The molecular formula is C15H16Cl2O4. The minimum absolute atomic E-state index is 0.00772. The molecule has 1 aliphatic heterocycles. The Hall–Kier alpha value is -1.10. The van der Waals surface area contributed by atoms with E-state index in [2.05, 4.69) is 0 Å². The Bertz CT molecular complexity index is 538. The summed E-state index contributed by atoms with van der Waals surface area (Å²) in [5, 5.41) is 0.842. The Kier molecular flexibility index (Phi) is 5.25. The molecule has 6 heteroatoms. The van der Waals surface area contributed by atoms with Gasteiger partial charge in [0.2, 0.25) is 0 Å². The van der Waals surface area contributed by atoms with Crippen molar-refractivity contribution < 1.29 is 19.1 Å². The number of ketones is 1. The predicted molar refractivity (Wildman–Crippen MR) is 79.7 cm³/mol. The first kappa shape index (κ1) is 16.3. The van der Waals surface area contributed by atoms with Crippen LogP contribution in [0.4, 0.5) is 0 Å². The molecule has 0 aliphatic carbocycles. The van der Waals surface area contributed by atoms with Crippen LogP contribution in [0.3, 0.4) is 0 Å². The summed E-state index contributed by atoms with van der Waals surface area (Å²) in [4.78, 5) is 24.7. The van der Waals surface area contributed by atoms with Crippen LogP contribution in [0.2, 0.25) is 10.0 Å². The van der Waals surface area contributed by atoms with Gasteiger partial charge in [0.1, 0.15) is 0 Å². The van der Waals surface area contributed by atoms with Crippen molar-refractivity contribution in [2.75, 3.05) is 19.8 Å². The van der Waals surface area contributed by atoms with Crippen molar-refractivity contribution in [2.45, 2.75) is 19.8 Å². The minimum atomic E-state index is -1.36. The van der Waals surface area contributed by atoms with Gasteiger partial charge < -0.3 is 9.47 Å². The lowest BCUT2D eigenvalue weighted by Gasteiger charge is -2.33. The molecule has 1 unspecified atom stereocenters. The summed E-state index contributed by atoms with van der Waals surface area (Å²) in [5.74, 6) is -0.770. The fourth-order valence-corrected chi connectivity index (χ4v) is 2.93. The number of esters is 1. The van der Waals surface area contributed by atoms with Gasteiger partial charge >= 0.3 is 5.97 Å². The number of Topliss-reactive ketones (excluding diaryl/α,β-unsaturated/α-hetero) is 1. The van der Waals surface area contributed by atoms with Crippen LogP contribution in [-0.4, -0.2) is 31.6 Å². The fourth-order valence-electron chi connectivity index (χ4n) is 2.40. The van der Waals surface area contributed by atoms with E-state index in [4.69, 9.17) is 32.7 Å². The Balaban J connectivity index is 2.41. The predicted octanol–water partition coefficient (Wildman–Crippen LogP) is 3.07. The molecule has 1 heterocycles. The number of benzene rings is 1. The monoisotopic (exact) mass is 330 g/mol. The van der Waals surface area contributed by atoms with E-state index < -0.39 is 11.4 Å². The molecule has 2 rings (SSSR count). The molecule has 0 amide bonds. The van der Waals surface area contributed by atoms with E-state index in [1.54, 1.807) is 25.1 Å². The van der Waals surface area contributed by atoms with Crippen molar-refractivity contribution in [3.05, 3.63) is 33.8 Å². The lowest BCUT2D eigenvalue weighted by Crippen LogP contribution is -2.49. The summed E-state index contributed by atoms with van der Waals surface area (Å²) in [6.07, 6.45) is 0.268. The van der Waals surface area contributed by atoms with E-state index >= 15 is 0 Å². The van der Waals surface area contributed by atoms with E-state index in [-0.39, 0.29) is 31.8 Å². The molecule has 1 atom stereocenters. The second kappa shape index (κ2) is 6.77. The highest BCUT2D eigenvalue weighted by Gasteiger charge is 2.49.